The molecular weight excluding hydrogens is 316 g/mol. The van der Waals surface area contributed by atoms with E-state index in [0.717, 1.165) is 27.7 Å². The minimum absolute atomic E-state index is 0.399. The van der Waals surface area contributed by atoms with E-state index in [1.54, 1.807) is 0 Å². The van der Waals surface area contributed by atoms with E-state index >= 15 is 0 Å². The Morgan fingerprint density at radius 1 is 1.35 bits per heavy atom. The fourth-order valence-corrected chi connectivity index (χ4v) is 2.36. The number of aliphatic hydroxyl groups excluding tert-OH is 1. The van der Waals surface area contributed by atoms with Gasteiger partial charge in [-0.2, -0.15) is 5.10 Å². The average Bonchev–Trinajstić information content (AvgIpc) is 2.89. The number of aliphatic hydroxyl groups is 1. The van der Waals surface area contributed by atoms with Crippen molar-refractivity contribution in [2.75, 3.05) is 0 Å². The topological polar surface area (TPSA) is 38.0 Å². The van der Waals surface area contributed by atoms with Gasteiger partial charge in [0.25, 0.3) is 0 Å². The minimum atomic E-state index is -0.512. The van der Waals surface area contributed by atoms with Gasteiger partial charge in [-0.3, -0.25) is 4.68 Å². The van der Waals surface area contributed by atoms with E-state index in [1.165, 1.54) is 0 Å². The van der Waals surface area contributed by atoms with E-state index in [0.29, 0.717) is 12.5 Å². The highest BCUT2D eigenvalue weighted by Gasteiger charge is 2.12. The van der Waals surface area contributed by atoms with Gasteiger partial charge in [-0.1, -0.05) is 35.0 Å². The maximum atomic E-state index is 10.3. The van der Waals surface area contributed by atoms with Crippen molar-refractivity contribution < 1.29 is 5.11 Å². The van der Waals surface area contributed by atoms with Crippen molar-refractivity contribution in [2.45, 2.75) is 45.8 Å². The molecule has 2 rings (SSSR count). The van der Waals surface area contributed by atoms with Crippen LogP contribution in [-0.2, 0) is 6.42 Å². The highest BCUT2D eigenvalue weighted by molar-refractivity contribution is 9.10. The molecule has 20 heavy (non-hydrogen) atoms. The second kappa shape index (κ2) is 6.55. The summed E-state index contributed by atoms with van der Waals surface area (Å²) in [6.45, 7) is 6.31. The number of rotatable bonds is 5. The summed E-state index contributed by atoms with van der Waals surface area (Å²) in [5.74, 6) is 0. The Bertz CT molecular complexity index is 580. The van der Waals surface area contributed by atoms with Gasteiger partial charge >= 0.3 is 0 Å². The molecule has 0 aliphatic heterocycles. The maximum Gasteiger partial charge on any atom is 0.0846 e. The quantitative estimate of drug-likeness (QED) is 0.888. The van der Waals surface area contributed by atoms with Crippen LogP contribution in [-0.4, -0.2) is 14.9 Å². The molecule has 3 nitrogen and oxygen atoms in total. The zero-order valence-electron chi connectivity index (χ0n) is 12.2. The number of aromatic nitrogens is 2. The van der Waals surface area contributed by atoms with Crippen molar-refractivity contribution >= 4 is 15.9 Å². The predicted molar refractivity (Wildman–Crippen MR) is 84.8 cm³/mol. The fourth-order valence-electron chi connectivity index (χ4n) is 2.11. The molecule has 0 saturated carbocycles. The molecule has 0 aliphatic rings. The summed E-state index contributed by atoms with van der Waals surface area (Å²) in [6, 6.07) is 8.33. The van der Waals surface area contributed by atoms with Crippen molar-refractivity contribution in [2.24, 2.45) is 0 Å². The van der Waals surface area contributed by atoms with Crippen molar-refractivity contribution in [3.8, 4) is 0 Å². The van der Waals surface area contributed by atoms with Crippen LogP contribution < -0.4 is 0 Å². The smallest absolute Gasteiger partial charge is 0.0846 e. The monoisotopic (exact) mass is 336 g/mol. The summed E-state index contributed by atoms with van der Waals surface area (Å²) in [4.78, 5) is 0. The van der Waals surface area contributed by atoms with Gasteiger partial charge in [0.1, 0.15) is 0 Å². The molecule has 108 valence electrons. The first kappa shape index (κ1) is 15.3. The summed E-state index contributed by atoms with van der Waals surface area (Å²) in [5.41, 5.74) is 2.99. The minimum Gasteiger partial charge on any atom is -0.388 e. The molecule has 0 saturated heterocycles. The molecule has 0 bridgehead atoms. The summed E-state index contributed by atoms with van der Waals surface area (Å²) in [7, 11) is 0. The van der Waals surface area contributed by atoms with Gasteiger partial charge in [-0.25, -0.2) is 0 Å². The van der Waals surface area contributed by atoms with Crippen LogP contribution in [0, 0.1) is 6.92 Å². The number of benzene rings is 1. The SMILES string of the molecule is CCC(C)n1ccc(CC(O)c2ccc(Br)c(C)c2)n1. The number of hydrogen-bond donors (Lipinski definition) is 1. The molecule has 0 spiro atoms. The first-order chi connectivity index (χ1) is 9.51. The van der Waals surface area contributed by atoms with Gasteiger partial charge in [-0.05, 0) is 43.5 Å². The van der Waals surface area contributed by atoms with Gasteiger partial charge < -0.3 is 5.11 Å². The third-order valence-electron chi connectivity index (χ3n) is 3.68. The van der Waals surface area contributed by atoms with Crippen LogP contribution in [0.3, 0.4) is 0 Å². The van der Waals surface area contributed by atoms with Crippen molar-refractivity contribution in [1.29, 1.82) is 0 Å². The Hall–Kier alpha value is -1.13. The lowest BCUT2D eigenvalue weighted by molar-refractivity contribution is 0.176. The van der Waals surface area contributed by atoms with Gasteiger partial charge in [0.2, 0.25) is 0 Å². The number of hydrogen-bond acceptors (Lipinski definition) is 2. The Labute approximate surface area is 128 Å². The van der Waals surface area contributed by atoms with E-state index in [-0.39, 0.29) is 0 Å². The van der Waals surface area contributed by atoms with Gasteiger partial charge in [0.05, 0.1) is 11.8 Å². The number of nitrogens with zero attached hydrogens (tertiary/aromatic N) is 2. The molecule has 2 unspecified atom stereocenters. The van der Waals surface area contributed by atoms with E-state index in [9.17, 15) is 5.11 Å². The third-order valence-corrected chi connectivity index (χ3v) is 4.57. The lowest BCUT2D eigenvalue weighted by atomic mass is 10.0. The summed E-state index contributed by atoms with van der Waals surface area (Å²) in [6.07, 6.45) is 3.07. The number of halogens is 1. The first-order valence-corrected chi connectivity index (χ1v) is 7.78. The van der Waals surface area contributed by atoms with Crippen LogP contribution in [0.1, 0.15) is 49.2 Å². The van der Waals surface area contributed by atoms with Gasteiger partial charge in [-0.15, -0.1) is 0 Å². The average molecular weight is 337 g/mol. The fraction of sp³-hybridized carbons (Fsp3) is 0.438. The molecule has 0 amide bonds. The summed E-state index contributed by atoms with van der Waals surface area (Å²) in [5, 5.41) is 14.9. The molecular formula is C16H21BrN2O. The first-order valence-electron chi connectivity index (χ1n) is 6.99. The zero-order valence-corrected chi connectivity index (χ0v) is 13.8. The molecule has 0 radical (unpaired) electrons. The largest absolute Gasteiger partial charge is 0.388 e. The Morgan fingerprint density at radius 2 is 2.10 bits per heavy atom. The van der Waals surface area contributed by atoms with Crippen LogP contribution in [0.2, 0.25) is 0 Å². The molecule has 2 atom stereocenters. The highest BCUT2D eigenvalue weighted by atomic mass is 79.9. The van der Waals surface area contributed by atoms with Gasteiger partial charge in [0.15, 0.2) is 0 Å². The number of aryl methyl sites for hydroxylation is 1. The van der Waals surface area contributed by atoms with E-state index in [4.69, 9.17) is 0 Å². The standard InChI is InChI=1S/C16H21BrN2O/c1-4-12(3)19-8-7-14(18-19)10-16(20)13-5-6-15(17)11(2)9-13/h5-9,12,16,20H,4,10H2,1-3H3. The molecule has 0 fully saturated rings. The lowest BCUT2D eigenvalue weighted by Gasteiger charge is -2.12. The molecule has 1 aromatic carbocycles. The van der Waals surface area contributed by atoms with Crippen LogP contribution in [0.25, 0.3) is 0 Å². The van der Waals surface area contributed by atoms with Crippen molar-refractivity contribution in [3.05, 3.63) is 51.8 Å². The Morgan fingerprint density at radius 3 is 2.75 bits per heavy atom. The third kappa shape index (κ3) is 3.49. The highest BCUT2D eigenvalue weighted by Crippen LogP contribution is 2.23. The Kier molecular flexibility index (Phi) is 5.00. The van der Waals surface area contributed by atoms with Crippen LogP contribution in [0.15, 0.2) is 34.9 Å². The van der Waals surface area contributed by atoms with Gasteiger partial charge in [0, 0.05) is 23.1 Å². The molecule has 1 heterocycles. The zero-order chi connectivity index (χ0) is 14.7. The maximum absolute atomic E-state index is 10.3. The Balaban J connectivity index is 2.09. The summed E-state index contributed by atoms with van der Waals surface area (Å²) < 4.78 is 3.03. The second-order valence-corrected chi connectivity index (χ2v) is 6.13. The lowest BCUT2D eigenvalue weighted by Crippen LogP contribution is -2.07. The normalized spacial score (nSPS) is 14.2. The van der Waals surface area contributed by atoms with Crippen molar-refractivity contribution in [3.63, 3.8) is 0 Å². The molecule has 1 aromatic heterocycles. The van der Waals surface area contributed by atoms with Crippen LogP contribution in [0.4, 0.5) is 0 Å². The second-order valence-electron chi connectivity index (χ2n) is 5.27. The molecule has 0 aliphatic carbocycles. The molecule has 2 aromatic rings. The summed E-state index contributed by atoms with van der Waals surface area (Å²) >= 11 is 3.48. The molecule has 1 N–H and O–H groups in total. The van der Waals surface area contributed by atoms with Crippen molar-refractivity contribution in [1.82, 2.24) is 9.78 Å². The van der Waals surface area contributed by atoms with E-state index in [1.807, 2.05) is 42.1 Å². The van der Waals surface area contributed by atoms with Crippen LogP contribution >= 0.6 is 15.9 Å². The van der Waals surface area contributed by atoms with E-state index < -0.39 is 6.10 Å². The van der Waals surface area contributed by atoms with E-state index in [2.05, 4.69) is 34.9 Å². The predicted octanol–water partition coefficient (Wildman–Crippen LogP) is 4.20. The van der Waals surface area contributed by atoms with Crippen LogP contribution in [0.5, 0.6) is 0 Å². The molecule has 4 heteroatoms.